The third-order valence-electron chi connectivity index (χ3n) is 4.74. The Morgan fingerprint density at radius 3 is 2.50 bits per heavy atom. The summed E-state index contributed by atoms with van der Waals surface area (Å²) in [6.07, 6.45) is 0.419. The zero-order valence-corrected chi connectivity index (χ0v) is 18.1. The lowest BCUT2D eigenvalue weighted by Gasteiger charge is -2.18. The van der Waals surface area contributed by atoms with Gasteiger partial charge in [-0.15, -0.1) is 0 Å². The van der Waals surface area contributed by atoms with Gasteiger partial charge in [-0.05, 0) is 12.3 Å². The lowest BCUT2D eigenvalue weighted by atomic mass is 10.0. The number of fused-ring (bicyclic) bond motifs is 1. The third kappa shape index (κ3) is 5.46. The molecule has 0 spiro atoms. The molecule has 0 unspecified atom stereocenters. The largest absolute Gasteiger partial charge is 0.507 e. The standard InChI is InChI=1S/C24H25NO7/c1-14(2)9-17(24(29)30-3)25-22(28)13-31-16-10-18(26)23-19(27)12-20(32-21(23)11-16)15-7-5-4-6-8-15/h4-8,10-12,14,17,26H,9,13H2,1-3H3,(H,25,28)/t17-/m1/s1. The first-order valence-corrected chi connectivity index (χ1v) is 10.1. The van der Waals surface area contributed by atoms with Gasteiger partial charge in [-0.1, -0.05) is 44.2 Å². The molecule has 3 aromatic rings. The summed E-state index contributed by atoms with van der Waals surface area (Å²) in [5, 5.41) is 12.9. The predicted octanol–water partition coefficient (Wildman–Crippen LogP) is 3.25. The minimum atomic E-state index is -0.785. The summed E-state index contributed by atoms with van der Waals surface area (Å²) in [6.45, 7) is 3.45. The van der Waals surface area contributed by atoms with Gasteiger partial charge in [0.1, 0.15) is 34.3 Å². The quantitative estimate of drug-likeness (QED) is 0.518. The second kappa shape index (κ2) is 10.00. The number of phenolic OH excluding ortho intramolecular Hbond substituents is 1. The van der Waals surface area contributed by atoms with Gasteiger partial charge in [0.15, 0.2) is 12.0 Å². The van der Waals surface area contributed by atoms with Gasteiger partial charge in [0, 0.05) is 23.8 Å². The monoisotopic (exact) mass is 439 g/mol. The number of rotatable bonds is 8. The van der Waals surface area contributed by atoms with Crippen LogP contribution in [0, 0.1) is 5.92 Å². The van der Waals surface area contributed by atoms with Crippen LogP contribution in [-0.2, 0) is 14.3 Å². The van der Waals surface area contributed by atoms with Crippen molar-refractivity contribution in [1.29, 1.82) is 0 Å². The van der Waals surface area contributed by atoms with Gasteiger partial charge in [-0.3, -0.25) is 9.59 Å². The number of carbonyl (C=O) groups excluding carboxylic acids is 2. The smallest absolute Gasteiger partial charge is 0.328 e. The molecular weight excluding hydrogens is 414 g/mol. The zero-order chi connectivity index (χ0) is 23.3. The number of esters is 1. The van der Waals surface area contributed by atoms with Crippen molar-refractivity contribution in [3.63, 3.8) is 0 Å². The van der Waals surface area contributed by atoms with E-state index >= 15 is 0 Å². The summed E-state index contributed by atoms with van der Waals surface area (Å²) in [6, 6.07) is 12.3. The summed E-state index contributed by atoms with van der Waals surface area (Å²) in [7, 11) is 1.26. The molecule has 1 amide bonds. The number of carbonyl (C=O) groups is 2. The van der Waals surface area contributed by atoms with Gasteiger partial charge in [-0.2, -0.15) is 0 Å². The maximum absolute atomic E-state index is 12.5. The van der Waals surface area contributed by atoms with Crippen molar-refractivity contribution in [2.24, 2.45) is 5.92 Å². The highest BCUT2D eigenvalue weighted by Gasteiger charge is 2.23. The number of nitrogens with one attached hydrogen (secondary N) is 1. The van der Waals surface area contributed by atoms with E-state index in [9.17, 15) is 19.5 Å². The van der Waals surface area contributed by atoms with Crippen LogP contribution >= 0.6 is 0 Å². The Kier molecular flexibility index (Phi) is 7.14. The summed E-state index contributed by atoms with van der Waals surface area (Å²) in [4.78, 5) is 36.7. The molecule has 32 heavy (non-hydrogen) atoms. The molecule has 0 aliphatic rings. The van der Waals surface area contributed by atoms with Gasteiger partial charge >= 0.3 is 5.97 Å². The van der Waals surface area contributed by atoms with E-state index in [1.54, 1.807) is 12.1 Å². The van der Waals surface area contributed by atoms with Crippen molar-refractivity contribution < 1.29 is 28.6 Å². The molecule has 0 radical (unpaired) electrons. The predicted molar refractivity (Wildman–Crippen MR) is 118 cm³/mol. The topological polar surface area (TPSA) is 115 Å². The fraction of sp³-hybridized carbons (Fsp3) is 0.292. The highest BCUT2D eigenvalue weighted by atomic mass is 16.5. The van der Waals surface area contributed by atoms with Gasteiger partial charge < -0.3 is 24.3 Å². The lowest BCUT2D eigenvalue weighted by molar-refractivity contribution is -0.145. The molecule has 0 fully saturated rings. The molecule has 1 aromatic heterocycles. The Bertz CT molecular complexity index is 1170. The van der Waals surface area contributed by atoms with Crippen LogP contribution in [0.1, 0.15) is 20.3 Å². The van der Waals surface area contributed by atoms with Crippen LogP contribution in [0.3, 0.4) is 0 Å². The van der Waals surface area contributed by atoms with Crippen molar-refractivity contribution in [3.8, 4) is 22.8 Å². The van der Waals surface area contributed by atoms with Gasteiger partial charge in [0.25, 0.3) is 5.91 Å². The number of hydrogen-bond donors (Lipinski definition) is 2. The van der Waals surface area contributed by atoms with Crippen LogP contribution in [0.4, 0.5) is 0 Å². The van der Waals surface area contributed by atoms with Gasteiger partial charge in [-0.25, -0.2) is 4.79 Å². The second-order valence-corrected chi connectivity index (χ2v) is 7.72. The van der Waals surface area contributed by atoms with E-state index < -0.39 is 30.0 Å². The molecule has 1 heterocycles. The molecule has 0 aliphatic carbocycles. The number of aromatic hydroxyl groups is 1. The molecule has 3 rings (SSSR count). The normalized spacial score (nSPS) is 11.9. The average Bonchev–Trinajstić information content (AvgIpc) is 2.76. The third-order valence-corrected chi connectivity index (χ3v) is 4.74. The second-order valence-electron chi connectivity index (χ2n) is 7.72. The Morgan fingerprint density at radius 2 is 1.84 bits per heavy atom. The lowest BCUT2D eigenvalue weighted by Crippen LogP contribution is -2.44. The molecule has 8 nitrogen and oxygen atoms in total. The number of ether oxygens (including phenoxy) is 2. The highest BCUT2D eigenvalue weighted by Crippen LogP contribution is 2.31. The van der Waals surface area contributed by atoms with Crippen molar-refractivity contribution in [2.75, 3.05) is 13.7 Å². The highest BCUT2D eigenvalue weighted by molar-refractivity contribution is 5.87. The van der Waals surface area contributed by atoms with Gasteiger partial charge in [0.05, 0.1) is 7.11 Å². The molecule has 8 heteroatoms. The van der Waals surface area contributed by atoms with E-state index in [1.165, 1.54) is 25.3 Å². The molecule has 2 N–H and O–H groups in total. The number of methoxy groups -OCH3 is 1. The maximum atomic E-state index is 12.5. The summed E-state index contributed by atoms with van der Waals surface area (Å²) < 4.78 is 16.0. The first-order chi connectivity index (χ1) is 15.3. The first-order valence-electron chi connectivity index (χ1n) is 10.1. The Hall–Kier alpha value is -3.81. The van der Waals surface area contributed by atoms with Crippen molar-refractivity contribution in [2.45, 2.75) is 26.3 Å². The molecule has 0 aliphatic heterocycles. The van der Waals surface area contributed by atoms with Crippen LogP contribution in [0.25, 0.3) is 22.3 Å². The molecular formula is C24H25NO7. The number of amides is 1. The fourth-order valence-electron chi connectivity index (χ4n) is 3.28. The van der Waals surface area contributed by atoms with Crippen LogP contribution < -0.4 is 15.5 Å². The van der Waals surface area contributed by atoms with E-state index in [1.807, 2.05) is 32.0 Å². The Labute approximate surface area is 184 Å². The zero-order valence-electron chi connectivity index (χ0n) is 18.1. The SMILES string of the molecule is COC(=O)[C@@H](CC(C)C)NC(=O)COc1cc(O)c2c(=O)cc(-c3ccccc3)oc2c1. The van der Waals surface area contributed by atoms with E-state index in [4.69, 9.17) is 13.9 Å². The van der Waals surface area contributed by atoms with E-state index in [2.05, 4.69) is 5.32 Å². The maximum Gasteiger partial charge on any atom is 0.328 e. The Morgan fingerprint density at radius 1 is 1.12 bits per heavy atom. The molecule has 0 bridgehead atoms. The summed E-state index contributed by atoms with van der Waals surface area (Å²) in [5.41, 5.74) is 0.427. The van der Waals surface area contributed by atoms with E-state index in [0.29, 0.717) is 17.7 Å². The number of hydrogen-bond acceptors (Lipinski definition) is 7. The molecule has 1 atom stereocenters. The average molecular weight is 439 g/mol. The van der Waals surface area contributed by atoms with Crippen molar-refractivity contribution in [1.82, 2.24) is 5.32 Å². The van der Waals surface area contributed by atoms with Crippen LogP contribution in [0.15, 0.2) is 57.7 Å². The van der Waals surface area contributed by atoms with Crippen LogP contribution in [-0.4, -0.2) is 36.7 Å². The van der Waals surface area contributed by atoms with Crippen molar-refractivity contribution >= 4 is 22.8 Å². The van der Waals surface area contributed by atoms with Crippen LogP contribution in [0.5, 0.6) is 11.5 Å². The fourth-order valence-corrected chi connectivity index (χ4v) is 3.28. The van der Waals surface area contributed by atoms with Crippen LogP contribution in [0.2, 0.25) is 0 Å². The number of benzene rings is 2. The summed E-state index contributed by atoms with van der Waals surface area (Å²) in [5.74, 6) is -0.743. The Balaban J connectivity index is 1.79. The molecule has 2 aromatic carbocycles. The molecule has 168 valence electrons. The minimum absolute atomic E-state index is 0.0178. The molecule has 0 saturated heterocycles. The minimum Gasteiger partial charge on any atom is -0.507 e. The van der Waals surface area contributed by atoms with E-state index in [0.717, 1.165) is 0 Å². The van der Waals surface area contributed by atoms with Gasteiger partial charge in [0.2, 0.25) is 0 Å². The van der Waals surface area contributed by atoms with E-state index in [-0.39, 0.29) is 28.4 Å². The first kappa shape index (κ1) is 22.9. The van der Waals surface area contributed by atoms with Crippen molar-refractivity contribution in [3.05, 3.63) is 58.8 Å². The number of phenols is 1. The summed E-state index contributed by atoms with van der Waals surface area (Å²) >= 11 is 0. The molecule has 0 saturated carbocycles.